The summed E-state index contributed by atoms with van der Waals surface area (Å²) in [5, 5.41) is 19.1. The van der Waals surface area contributed by atoms with Crippen LogP contribution in [-0.4, -0.2) is 45.7 Å². The van der Waals surface area contributed by atoms with Crippen molar-refractivity contribution in [2.24, 2.45) is 5.92 Å². The minimum atomic E-state index is -0.755. The van der Waals surface area contributed by atoms with Crippen molar-refractivity contribution in [1.29, 1.82) is 0 Å². The van der Waals surface area contributed by atoms with Gasteiger partial charge in [-0.15, -0.1) is 5.92 Å². The lowest BCUT2D eigenvalue weighted by Gasteiger charge is -2.23. The van der Waals surface area contributed by atoms with Crippen molar-refractivity contribution in [2.45, 2.75) is 76.9 Å². The molecule has 1 aromatic rings. The summed E-state index contributed by atoms with van der Waals surface area (Å²) in [4.78, 5) is 24.6. The number of carbonyl (C=O) groups excluding carboxylic acids is 1. The van der Waals surface area contributed by atoms with Crippen molar-refractivity contribution in [3.63, 3.8) is 0 Å². The predicted octanol–water partition coefficient (Wildman–Crippen LogP) is 4.20. The molecule has 0 spiro atoms. The van der Waals surface area contributed by atoms with Crippen molar-refractivity contribution in [2.75, 3.05) is 6.54 Å². The molecule has 0 unspecified atom stereocenters. The molecule has 1 aromatic carbocycles. The molecule has 2 N–H and O–H groups in total. The first-order valence-corrected chi connectivity index (χ1v) is 11.3. The van der Waals surface area contributed by atoms with Crippen molar-refractivity contribution < 1.29 is 19.8 Å². The molecule has 1 amide bonds. The van der Waals surface area contributed by atoms with Gasteiger partial charge in [0.25, 0.3) is 0 Å². The number of hydrogen-bond acceptors (Lipinski definition) is 3. The zero-order valence-corrected chi connectivity index (χ0v) is 18.5. The molecule has 0 aromatic heterocycles. The van der Waals surface area contributed by atoms with Gasteiger partial charge in [-0.05, 0) is 30.7 Å². The molecule has 1 aliphatic rings. The predicted molar refractivity (Wildman–Crippen MR) is 122 cm³/mol. The maximum absolute atomic E-state index is 12.2. The number of carbonyl (C=O) groups is 2. The summed E-state index contributed by atoms with van der Waals surface area (Å²) in [5.74, 6) is 5.77. The maximum atomic E-state index is 12.2. The summed E-state index contributed by atoms with van der Waals surface area (Å²) in [7, 11) is 0. The van der Waals surface area contributed by atoms with E-state index in [0.29, 0.717) is 25.8 Å². The molecule has 31 heavy (non-hydrogen) atoms. The van der Waals surface area contributed by atoms with Crippen LogP contribution in [0.1, 0.15) is 63.9 Å². The third-order valence-corrected chi connectivity index (χ3v) is 5.71. The highest BCUT2D eigenvalue weighted by atomic mass is 16.4. The largest absolute Gasteiger partial charge is 0.481 e. The molecule has 3 atom stereocenters. The van der Waals surface area contributed by atoms with Crippen molar-refractivity contribution in [3.8, 4) is 11.8 Å². The maximum Gasteiger partial charge on any atom is 0.303 e. The van der Waals surface area contributed by atoms with E-state index in [1.807, 2.05) is 42.2 Å². The Balaban J connectivity index is 1.73. The van der Waals surface area contributed by atoms with Crippen LogP contribution >= 0.6 is 0 Å². The Morgan fingerprint density at radius 3 is 2.68 bits per heavy atom. The number of amides is 1. The first-order chi connectivity index (χ1) is 15.0. The normalized spacial score (nSPS) is 18.1. The van der Waals surface area contributed by atoms with Crippen LogP contribution in [0.15, 0.2) is 42.5 Å². The van der Waals surface area contributed by atoms with Crippen molar-refractivity contribution in [3.05, 3.63) is 48.0 Å². The molecule has 1 saturated heterocycles. The zero-order valence-electron chi connectivity index (χ0n) is 18.5. The molecule has 1 fully saturated rings. The zero-order chi connectivity index (χ0) is 22.5. The SMILES string of the molecule is C[C@H](CC#CCc1ccccc1)[C@@H](O)C=C[C@H]1CCC(=O)N1CCCCCCC(=O)O. The lowest BCUT2D eigenvalue weighted by molar-refractivity contribution is -0.137. The number of hydrogen-bond donors (Lipinski definition) is 2. The van der Waals surface area contributed by atoms with E-state index in [0.717, 1.165) is 32.1 Å². The first-order valence-electron chi connectivity index (χ1n) is 11.3. The Morgan fingerprint density at radius 2 is 1.94 bits per heavy atom. The minimum absolute atomic E-state index is 0.0271. The number of carboxylic acids is 1. The highest BCUT2D eigenvalue weighted by Crippen LogP contribution is 2.22. The highest BCUT2D eigenvalue weighted by Gasteiger charge is 2.28. The molecular formula is C26H35NO4. The van der Waals surface area contributed by atoms with Gasteiger partial charge in [0.15, 0.2) is 0 Å². The van der Waals surface area contributed by atoms with E-state index in [-0.39, 0.29) is 24.3 Å². The Hall–Kier alpha value is -2.58. The van der Waals surface area contributed by atoms with Gasteiger partial charge in [0, 0.05) is 32.2 Å². The number of rotatable bonds is 12. The second-order valence-electron chi connectivity index (χ2n) is 8.32. The Labute approximate surface area is 186 Å². The van der Waals surface area contributed by atoms with Gasteiger partial charge in [0.1, 0.15) is 0 Å². The molecule has 168 valence electrons. The van der Waals surface area contributed by atoms with Gasteiger partial charge in [-0.2, -0.15) is 0 Å². The van der Waals surface area contributed by atoms with E-state index in [9.17, 15) is 14.7 Å². The number of unbranched alkanes of at least 4 members (excludes halogenated alkanes) is 3. The molecule has 0 aliphatic carbocycles. The first kappa shape index (κ1) is 24.7. The van der Waals surface area contributed by atoms with Crippen molar-refractivity contribution >= 4 is 11.9 Å². The average molecular weight is 426 g/mol. The quantitative estimate of drug-likeness (QED) is 0.299. The third-order valence-electron chi connectivity index (χ3n) is 5.71. The second-order valence-corrected chi connectivity index (χ2v) is 8.32. The number of benzene rings is 1. The molecule has 5 heteroatoms. The van der Waals surface area contributed by atoms with Gasteiger partial charge in [-0.3, -0.25) is 9.59 Å². The molecule has 1 aliphatic heterocycles. The molecule has 0 saturated carbocycles. The van der Waals surface area contributed by atoms with Crippen LogP contribution in [-0.2, 0) is 16.0 Å². The third kappa shape index (κ3) is 9.40. The number of aliphatic hydroxyl groups is 1. The van der Waals surface area contributed by atoms with Crippen LogP contribution in [0.3, 0.4) is 0 Å². The second kappa shape index (κ2) is 13.7. The standard InChI is InChI=1S/C26H35NO4/c1-21(11-8-9-14-22-12-5-4-6-13-22)24(28)18-16-23-17-19-25(29)27(23)20-10-3-2-7-15-26(30)31/h4-6,12-13,16,18,21,23-24,28H,2-3,7,10-11,14-15,17,19-20H2,1H3,(H,30,31)/t21-,23+,24+/m1/s1. The summed E-state index contributed by atoms with van der Waals surface area (Å²) in [6, 6.07) is 10.1. The number of aliphatic carboxylic acids is 1. The van der Waals surface area contributed by atoms with E-state index in [1.165, 1.54) is 5.56 Å². The van der Waals surface area contributed by atoms with Crippen LogP contribution in [0.25, 0.3) is 0 Å². The lowest BCUT2D eigenvalue weighted by Crippen LogP contribution is -2.33. The van der Waals surface area contributed by atoms with Gasteiger partial charge in [0.2, 0.25) is 5.91 Å². The van der Waals surface area contributed by atoms with E-state index in [1.54, 1.807) is 0 Å². The van der Waals surface area contributed by atoms with Crippen molar-refractivity contribution in [1.82, 2.24) is 4.90 Å². The summed E-state index contributed by atoms with van der Waals surface area (Å²) in [6.45, 7) is 2.68. The summed E-state index contributed by atoms with van der Waals surface area (Å²) in [5.41, 5.74) is 1.19. The Morgan fingerprint density at radius 1 is 1.19 bits per heavy atom. The molecule has 2 rings (SSSR count). The van der Waals surface area contributed by atoms with Crippen LogP contribution in [0, 0.1) is 17.8 Å². The van der Waals surface area contributed by atoms with Gasteiger partial charge in [-0.1, -0.05) is 68.2 Å². The molecule has 1 heterocycles. The number of carboxylic acid groups (broad SMARTS) is 1. The highest BCUT2D eigenvalue weighted by molar-refractivity contribution is 5.79. The monoisotopic (exact) mass is 425 g/mol. The number of aliphatic hydroxyl groups excluding tert-OH is 1. The van der Waals surface area contributed by atoms with Crippen LogP contribution in [0.2, 0.25) is 0 Å². The Bertz CT molecular complexity index is 778. The lowest BCUT2D eigenvalue weighted by atomic mass is 9.99. The summed E-state index contributed by atoms with van der Waals surface area (Å²) >= 11 is 0. The fourth-order valence-electron chi connectivity index (χ4n) is 3.70. The van der Waals surface area contributed by atoms with Crippen LogP contribution in [0.4, 0.5) is 0 Å². The molecular weight excluding hydrogens is 390 g/mol. The topological polar surface area (TPSA) is 77.8 Å². The average Bonchev–Trinajstić information content (AvgIpc) is 3.11. The smallest absolute Gasteiger partial charge is 0.303 e. The van der Waals surface area contributed by atoms with E-state index in [2.05, 4.69) is 24.0 Å². The molecule has 0 bridgehead atoms. The van der Waals surface area contributed by atoms with Gasteiger partial charge in [0.05, 0.1) is 12.1 Å². The van der Waals surface area contributed by atoms with Crippen LogP contribution in [0.5, 0.6) is 0 Å². The van der Waals surface area contributed by atoms with Gasteiger partial charge in [-0.25, -0.2) is 0 Å². The number of likely N-dealkylation sites (tertiary alicyclic amines) is 1. The fraction of sp³-hybridized carbons (Fsp3) is 0.538. The summed E-state index contributed by atoms with van der Waals surface area (Å²) < 4.78 is 0. The van der Waals surface area contributed by atoms with Gasteiger partial charge < -0.3 is 15.1 Å². The van der Waals surface area contributed by atoms with E-state index < -0.39 is 12.1 Å². The molecule has 0 radical (unpaired) electrons. The van der Waals surface area contributed by atoms with Crippen LogP contribution < -0.4 is 0 Å². The fourth-order valence-corrected chi connectivity index (χ4v) is 3.70. The minimum Gasteiger partial charge on any atom is -0.481 e. The Kier molecular flexibility index (Phi) is 10.9. The van der Waals surface area contributed by atoms with E-state index >= 15 is 0 Å². The van der Waals surface area contributed by atoms with Gasteiger partial charge >= 0.3 is 5.97 Å². The molecule has 5 nitrogen and oxygen atoms in total. The number of nitrogens with zero attached hydrogens (tertiary/aromatic N) is 1. The summed E-state index contributed by atoms with van der Waals surface area (Å²) in [6.07, 6.45) is 9.44. The van der Waals surface area contributed by atoms with E-state index in [4.69, 9.17) is 5.11 Å².